The monoisotopic (exact) mass is 550 g/mol. The molecule has 0 radical (unpaired) electrons. The highest BCUT2D eigenvalue weighted by Gasteiger charge is 2.70. The van der Waals surface area contributed by atoms with E-state index < -0.39 is 17.7 Å². The molecule has 0 unspecified atom stereocenters. The van der Waals surface area contributed by atoms with Gasteiger partial charge >= 0.3 is 0 Å². The van der Waals surface area contributed by atoms with Crippen LogP contribution in [0.25, 0.3) is 0 Å². The molecule has 3 fully saturated rings. The van der Waals surface area contributed by atoms with Crippen LogP contribution in [-0.2, 0) is 25.6 Å². The number of halogens is 1. The molecule has 3 amide bonds. The molecule has 2 aromatic rings. The molecule has 1 N–H and O–H groups in total. The Bertz CT molecular complexity index is 1390. The van der Waals surface area contributed by atoms with E-state index in [2.05, 4.69) is 15.7 Å². The van der Waals surface area contributed by atoms with E-state index in [1.165, 1.54) is 11.1 Å². The summed E-state index contributed by atoms with van der Waals surface area (Å²) < 4.78 is 10.7. The third kappa shape index (κ3) is 4.23. The van der Waals surface area contributed by atoms with Crippen molar-refractivity contribution in [2.24, 2.45) is 39.8 Å². The maximum atomic E-state index is 13.5. The summed E-state index contributed by atoms with van der Waals surface area (Å²) in [5.41, 5.74) is 4.44. The smallest absolute Gasteiger partial charge is 0.289 e. The minimum absolute atomic E-state index is 0.154. The van der Waals surface area contributed by atoms with Gasteiger partial charge in [-0.2, -0.15) is 5.10 Å². The summed E-state index contributed by atoms with van der Waals surface area (Å²) in [4.78, 5) is 46.9. The third-order valence-electron chi connectivity index (χ3n) is 8.34. The van der Waals surface area contributed by atoms with E-state index >= 15 is 0 Å². The lowest BCUT2D eigenvalue weighted by Crippen LogP contribution is -2.44. The van der Waals surface area contributed by atoms with Crippen molar-refractivity contribution in [2.45, 2.75) is 18.9 Å². The van der Waals surface area contributed by atoms with Crippen LogP contribution in [0.3, 0.4) is 0 Å². The van der Waals surface area contributed by atoms with Gasteiger partial charge in [0.2, 0.25) is 11.8 Å². The van der Waals surface area contributed by atoms with Crippen molar-refractivity contribution in [1.82, 2.24) is 10.3 Å². The van der Waals surface area contributed by atoms with Gasteiger partial charge in [0.1, 0.15) is 6.10 Å². The average Bonchev–Trinajstić information content (AvgIpc) is 3.69. The van der Waals surface area contributed by atoms with Gasteiger partial charge in [-0.05, 0) is 54.2 Å². The number of methoxy groups -OCH3 is 2. The Morgan fingerprint density at radius 1 is 1.08 bits per heavy atom. The van der Waals surface area contributed by atoms with Crippen LogP contribution >= 0.6 is 11.6 Å². The highest BCUT2D eigenvalue weighted by Crippen LogP contribution is 2.61. The number of fused-ring (bicyclic) bond motifs is 8. The Kier molecular flexibility index (Phi) is 6.50. The van der Waals surface area contributed by atoms with E-state index in [1.807, 2.05) is 12.1 Å². The molecule has 0 aromatic heterocycles. The van der Waals surface area contributed by atoms with Gasteiger partial charge in [-0.1, -0.05) is 35.0 Å². The first kappa shape index (κ1) is 25.4. The zero-order valence-electron chi connectivity index (χ0n) is 21.4. The molecule has 2 heterocycles. The Morgan fingerprint density at radius 2 is 1.79 bits per heavy atom. The lowest BCUT2D eigenvalue weighted by molar-refractivity contribution is -0.141. The molecule has 11 heteroatoms. The number of nitrogens with one attached hydrogen (secondary N) is 1. The molecule has 10 nitrogen and oxygen atoms in total. The molecule has 1 saturated heterocycles. The van der Waals surface area contributed by atoms with Gasteiger partial charge in [0, 0.05) is 17.5 Å². The number of hydrogen-bond acceptors (Lipinski definition) is 8. The number of likely N-dealkylation sites (tertiary alicyclic amines) is 1. The molecule has 4 aliphatic rings. The predicted molar refractivity (Wildman–Crippen MR) is 142 cm³/mol. The van der Waals surface area contributed by atoms with Gasteiger partial charge in [0.25, 0.3) is 5.91 Å². The van der Waals surface area contributed by atoms with Crippen LogP contribution in [0.1, 0.15) is 17.5 Å². The third-order valence-corrected chi connectivity index (χ3v) is 8.59. The minimum atomic E-state index is -0.473. The van der Waals surface area contributed by atoms with Crippen molar-refractivity contribution >= 4 is 41.2 Å². The maximum Gasteiger partial charge on any atom is 0.289 e. The van der Waals surface area contributed by atoms with Gasteiger partial charge in [0.15, 0.2) is 17.2 Å². The number of imide groups is 1. The first-order valence-electron chi connectivity index (χ1n) is 12.8. The fourth-order valence-electron chi connectivity index (χ4n) is 6.64. The molecule has 2 bridgehead atoms. The highest BCUT2D eigenvalue weighted by molar-refractivity contribution is 6.40. The fraction of sp³-hybridized carbons (Fsp3) is 0.393. The fourth-order valence-corrected chi connectivity index (χ4v) is 6.77. The second-order valence-electron chi connectivity index (χ2n) is 10.2. The van der Waals surface area contributed by atoms with Crippen molar-refractivity contribution in [1.29, 1.82) is 0 Å². The summed E-state index contributed by atoms with van der Waals surface area (Å²) in [6.07, 6.45) is 2.27. The summed E-state index contributed by atoms with van der Waals surface area (Å²) in [6.45, 7) is 0.274. The topological polar surface area (TPSA) is 119 Å². The van der Waals surface area contributed by atoms with Crippen LogP contribution in [0.4, 0.5) is 0 Å². The maximum absolute atomic E-state index is 13.5. The molecule has 39 heavy (non-hydrogen) atoms. The average molecular weight is 551 g/mol. The lowest BCUT2D eigenvalue weighted by atomic mass is 9.72. The molecule has 2 aliphatic heterocycles. The van der Waals surface area contributed by atoms with Gasteiger partial charge < -0.3 is 14.3 Å². The van der Waals surface area contributed by atoms with E-state index in [0.717, 1.165) is 11.1 Å². The molecule has 6 rings (SSSR count). The molecule has 0 spiro atoms. The number of nitrogens with zero attached hydrogens (tertiary/aromatic N) is 3. The van der Waals surface area contributed by atoms with Crippen LogP contribution < -0.4 is 14.9 Å². The molecule has 6 atom stereocenters. The number of ether oxygens (including phenoxy) is 2. The number of carbonyl (C=O) groups excluding carboxylic acids is 3. The van der Waals surface area contributed by atoms with E-state index in [9.17, 15) is 14.4 Å². The Labute approximate surface area is 229 Å². The van der Waals surface area contributed by atoms with Crippen LogP contribution in [-0.4, -0.2) is 61.4 Å². The molecule has 2 aromatic carbocycles. The quantitative estimate of drug-likeness (QED) is 0.307. The number of benzene rings is 2. The van der Waals surface area contributed by atoms with E-state index in [4.69, 9.17) is 25.9 Å². The standard InChI is InChI=1S/C28H27ClN4O6/c1-37-19-8-5-14(11-20(19)38-2)9-10-33-27(35)21-17-12-18(22(21)28(33)36)25-23(17)24(32-39-25)26(34)31-30-13-15-3-6-16(29)7-4-15/h3-8,11,13,17-18,21-23,25H,9-10,12H2,1-2H3,(H,31,34)/b30-13+/t17-,18+,21-,22+,23+,25-/m1/s1. The summed E-state index contributed by atoms with van der Waals surface area (Å²) in [6, 6.07) is 12.6. The summed E-state index contributed by atoms with van der Waals surface area (Å²) >= 11 is 5.90. The normalized spacial score (nSPS) is 28.4. The Balaban J connectivity index is 1.12. The number of amides is 3. The zero-order valence-corrected chi connectivity index (χ0v) is 22.1. The largest absolute Gasteiger partial charge is 0.493 e. The van der Waals surface area contributed by atoms with Crippen LogP contribution in [0.2, 0.25) is 5.02 Å². The zero-order chi connectivity index (χ0) is 27.3. The second-order valence-corrected chi connectivity index (χ2v) is 10.6. The molecule has 2 aliphatic carbocycles. The van der Waals surface area contributed by atoms with E-state index in [-0.39, 0.29) is 47.9 Å². The lowest BCUT2D eigenvalue weighted by Gasteiger charge is -2.29. The number of oxime groups is 1. The van der Waals surface area contributed by atoms with Crippen molar-refractivity contribution in [2.75, 3.05) is 20.8 Å². The molecular formula is C28H27ClN4O6. The molecule has 2 saturated carbocycles. The van der Waals surface area contributed by atoms with Crippen LogP contribution in [0, 0.1) is 29.6 Å². The van der Waals surface area contributed by atoms with Crippen molar-refractivity contribution in [3.05, 3.63) is 58.6 Å². The summed E-state index contributed by atoms with van der Waals surface area (Å²) in [5, 5.41) is 8.69. The molecular weight excluding hydrogens is 524 g/mol. The van der Waals surface area contributed by atoms with E-state index in [1.54, 1.807) is 44.6 Å². The van der Waals surface area contributed by atoms with Crippen molar-refractivity contribution < 1.29 is 28.7 Å². The van der Waals surface area contributed by atoms with Crippen molar-refractivity contribution in [3.63, 3.8) is 0 Å². The Morgan fingerprint density at radius 3 is 2.51 bits per heavy atom. The minimum Gasteiger partial charge on any atom is -0.493 e. The number of carbonyl (C=O) groups is 3. The van der Waals surface area contributed by atoms with Gasteiger partial charge in [-0.15, -0.1) is 0 Å². The summed E-state index contributed by atoms with van der Waals surface area (Å²) in [5.74, 6) is -1.18. The highest BCUT2D eigenvalue weighted by atomic mass is 35.5. The first-order valence-corrected chi connectivity index (χ1v) is 13.2. The van der Waals surface area contributed by atoms with Crippen molar-refractivity contribution in [3.8, 4) is 11.5 Å². The van der Waals surface area contributed by atoms with Gasteiger partial charge in [0.05, 0.1) is 38.2 Å². The predicted octanol–water partition coefficient (Wildman–Crippen LogP) is 2.67. The number of hydrogen-bond donors (Lipinski definition) is 1. The first-order chi connectivity index (χ1) is 18.9. The number of rotatable bonds is 8. The molecule has 202 valence electrons. The second kappa shape index (κ2) is 10.00. The van der Waals surface area contributed by atoms with Crippen LogP contribution in [0.15, 0.2) is 52.7 Å². The van der Waals surface area contributed by atoms with E-state index in [0.29, 0.717) is 29.4 Å². The van der Waals surface area contributed by atoms with Gasteiger partial charge in [-0.3, -0.25) is 19.3 Å². The summed E-state index contributed by atoms with van der Waals surface area (Å²) in [7, 11) is 3.13. The van der Waals surface area contributed by atoms with Gasteiger partial charge in [-0.25, -0.2) is 5.43 Å². The van der Waals surface area contributed by atoms with Crippen LogP contribution in [0.5, 0.6) is 11.5 Å². The SMILES string of the molecule is COc1ccc(CCN2C(=O)[C@@H]3[C@H]4C[C@H]([C@H]5ON=C(C(=O)N/N=C/c6ccc(Cl)cc6)[C@H]45)[C@@H]3C2=O)cc1OC. The number of hydrazone groups is 1. The Hall–Kier alpha value is -3.92.